The van der Waals surface area contributed by atoms with Gasteiger partial charge in [-0.25, -0.2) is 4.79 Å². The fraction of sp³-hybridized carbons (Fsp3) is 0.636. The molecule has 0 saturated carbocycles. The molecule has 5 nitrogen and oxygen atoms in total. The van der Waals surface area contributed by atoms with Gasteiger partial charge in [0.05, 0.1) is 13.2 Å². The summed E-state index contributed by atoms with van der Waals surface area (Å²) >= 11 is 0. The van der Waals surface area contributed by atoms with Gasteiger partial charge in [0.2, 0.25) is 0 Å². The van der Waals surface area contributed by atoms with E-state index in [1.54, 1.807) is 0 Å². The first-order valence-electron chi connectivity index (χ1n) is 9.71. The Morgan fingerprint density at radius 2 is 1.67 bits per heavy atom. The summed E-state index contributed by atoms with van der Waals surface area (Å²) in [5.74, 6) is 0.623. The van der Waals surface area contributed by atoms with Gasteiger partial charge in [-0.1, -0.05) is 64.4 Å². The van der Waals surface area contributed by atoms with E-state index in [2.05, 4.69) is 26.0 Å². The highest BCUT2D eigenvalue weighted by molar-refractivity contribution is 5.65. The highest BCUT2D eigenvalue weighted by Crippen LogP contribution is 2.28. The van der Waals surface area contributed by atoms with Crippen molar-refractivity contribution in [3.8, 4) is 0 Å². The molecule has 2 unspecified atom stereocenters. The van der Waals surface area contributed by atoms with Gasteiger partial charge in [-0.05, 0) is 30.2 Å². The summed E-state index contributed by atoms with van der Waals surface area (Å²) < 4.78 is 15.4. The number of carbonyl (C=O) groups excluding carboxylic acids is 2. The van der Waals surface area contributed by atoms with Crippen LogP contribution < -0.4 is 0 Å². The van der Waals surface area contributed by atoms with E-state index in [0.29, 0.717) is 18.4 Å². The third kappa shape index (κ3) is 10.0. The van der Waals surface area contributed by atoms with Crippen molar-refractivity contribution in [3.05, 3.63) is 35.9 Å². The summed E-state index contributed by atoms with van der Waals surface area (Å²) in [6.45, 7) is 10.2. The van der Waals surface area contributed by atoms with E-state index in [9.17, 15) is 9.59 Å². The molecule has 1 rings (SSSR count). The van der Waals surface area contributed by atoms with Gasteiger partial charge in [0.15, 0.2) is 0 Å². The van der Waals surface area contributed by atoms with E-state index in [-0.39, 0.29) is 19.2 Å². The van der Waals surface area contributed by atoms with Crippen LogP contribution in [-0.2, 0) is 19.0 Å². The summed E-state index contributed by atoms with van der Waals surface area (Å²) in [6, 6.07) is 10.3. The van der Waals surface area contributed by atoms with E-state index >= 15 is 0 Å². The quantitative estimate of drug-likeness (QED) is 0.486. The van der Waals surface area contributed by atoms with Crippen molar-refractivity contribution in [1.82, 2.24) is 0 Å². The van der Waals surface area contributed by atoms with E-state index in [1.165, 1.54) is 12.5 Å². The number of carbonyl (C=O) groups is 2. The molecule has 0 N–H and O–H groups in total. The highest BCUT2D eigenvalue weighted by Gasteiger charge is 2.23. The molecule has 2 atom stereocenters. The van der Waals surface area contributed by atoms with Crippen LogP contribution in [0.5, 0.6) is 0 Å². The Hall–Kier alpha value is -2.04. The fourth-order valence-electron chi connectivity index (χ4n) is 2.72. The van der Waals surface area contributed by atoms with Crippen LogP contribution in [-0.4, -0.2) is 31.9 Å². The van der Waals surface area contributed by atoms with Crippen LogP contribution >= 0.6 is 0 Å². The molecule has 0 radical (unpaired) electrons. The lowest BCUT2D eigenvalue weighted by Crippen LogP contribution is -2.28. The minimum absolute atomic E-state index is 0.133. The molecule has 0 saturated heterocycles. The lowest BCUT2D eigenvalue weighted by Gasteiger charge is -2.23. The van der Waals surface area contributed by atoms with Gasteiger partial charge in [-0.3, -0.25) is 4.79 Å². The molecule has 1 aromatic rings. The van der Waals surface area contributed by atoms with E-state index in [1.807, 2.05) is 32.0 Å². The van der Waals surface area contributed by atoms with Crippen molar-refractivity contribution < 1.29 is 23.8 Å². The molecule has 27 heavy (non-hydrogen) atoms. The van der Waals surface area contributed by atoms with Gasteiger partial charge in [0.25, 0.3) is 0 Å². The van der Waals surface area contributed by atoms with Gasteiger partial charge < -0.3 is 14.2 Å². The van der Waals surface area contributed by atoms with Crippen LogP contribution in [0.15, 0.2) is 30.3 Å². The lowest BCUT2D eigenvalue weighted by molar-refractivity contribution is -0.144. The maximum absolute atomic E-state index is 11.9. The van der Waals surface area contributed by atoms with E-state index in [0.717, 1.165) is 19.3 Å². The van der Waals surface area contributed by atoms with Gasteiger partial charge in [0, 0.05) is 12.3 Å². The fourth-order valence-corrected chi connectivity index (χ4v) is 2.72. The third-order valence-electron chi connectivity index (χ3n) is 4.59. The Kier molecular flexibility index (Phi) is 9.90. The Bertz CT molecular complexity index is 567. The van der Waals surface area contributed by atoms with Crippen LogP contribution in [0.25, 0.3) is 0 Å². The topological polar surface area (TPSA) is 61.8 Å². The Morgan fingerprint density at radius 1 is 1.04 bits per heavy atom. The molecule has 1 aromatic carbocycles. The zero-order chi connectivity index (χ0) is 20.3. The normalized spacial score (nSPS) is 13.5. The molecular weight excluding hydrogens is 344 g/mol. The number of hydrogen-bond donors (Lipinski definition) is 0. The Balaban J connectivity index is 2.43. The standard InChI is InChI=1S/C22H34O5/c1-6-17(2)14-20(19-10-8-7-9-11-19)12-13-25-21(24)27-16-22(4,5)15-26-18(3)23/h7-11,17,20H,6,12-16H2,1-5H3. The van der Waals surface area contributed by atoms with Crippen LogP contribution in [0.3, 0.4) is 0 Å². The summed E-state index contributed by atoms with van der Waals surface area (Å²) in [5.41, 5.74) is 0.825. The van der Waals surface area contributed by atoms with Crippen LogP contribution in [0.1, 0.15) is 65.4 Å². The summed E-state index contributed by atoms with van der Waals surface area (Å²) in [6.07, 6.45) is 2.28. The van der Waals surface area contributed by atoms with Gasteiger partial charge >= 0.3 is 12.1 Å². The molecular formula is C22H34O5. The first-order chi connectivity index (χ1) is 12.7. The number of hydrogen-bond acceptors (Lipinski definition) is 5. The van der Waals surface area contributed by atoms with Crippen molar-refractivity contribution in [3.63, 3.8) is 0 Å². The summed E-state index contributed by atoms with van der Waals surface area (Å²) in [7, 11) is 0. The number of rotatable bonds is 11. The van der Waals surface area contributed by atoms with Crippen molar-refractivity contribution in [1.29, 1.82) is 0 Å². The van der Waals surface area contributed by atoms with E-state index in [4.69, 9.17) is 14.2 Å². The van der Waals surface area contributed by atoms with Gasteiger partial charge in [-0.2, -0.15) is 0 Å². The van der Waals surface area contributed by atoms with Crippen LogP contribution in [0.2, 0.25) is 0 Å². The predicted molar refractivity (Wildman–Crippen MR) is 106 cm³/mol. The second kappa shape index (κ2) is 11.6. The molecule has 0 heterocycles. The molecule has 0 aliphatic carbocycles. The second-order valence-corrected chi connectivity index (χ2v) is 7.98. The Morgan fingerprint density at radius 3 is 2.26 bits per heavy atom. The lowest BCUT2D eigenvalue weighted by atomic mass is 9.86. The minimum atomic E-state index is -0.679. The van der Waals surface area contributed by atoms with E-state index < -0.39 is 11.6 Å². The zero-order valence-corrected chi connectivity index (χ0v) is 17.3. The molecule has 0 spiro atoms. The molecule has 5 heteroatoms. The maximum atomic E-state index is 11.9. The van der Waals surface area contributed by atoms with Crippen molar-refractivity contribution in [2.24, 2.45) is 11.3 Å². The SMILES string of the molecule is CCC(C)CC(CCOC(=O)OCC(C)(C)COC(C)=O)c1ccccc1. The predicted octanol–water partition coefficient (Wildman–Crippen LogP) is 5.34. The zero-order valence-electron chi connectivity index (χ0n) is 17.3. The average molecular weight is 379 g/mol. The molecule has 152 valence electrons. The summed E-state index contributed by atoms with van der Waals surface area (Å²) in [5, 5.41) is 0. The first kappa shape index (κ1) is 23.0. The minimum Gasteiger partial charge on any atom is -0.465 e. The second-order valence-electron chi connectivity index (χ2n) is 7.98. The molecule has 0 amide bonds. The van der Waals surface area contributed by atoms with Gasteiger partial charge in [0.1, 0.15) is 6.61 Å². The van der Waals surface area contributed by atoms with Crippen LogP contribution in [0.4, 0.5) is 4.79 Å². The molecule has 0 bridgehead atoms. The number of esters is 1. The first-order valence-corrected chi connectivity index (χ1v) is 9.71. The molecule has 0 aromatic heterocycles. The smallest absolute Gasteiger partial charge is 0.465 e. The molecule has 0 aliphatic heterocycles. The number of benzene rings is 1. The van der Waals surface area contributed by atoms with Crippen molar-refractivity contribution in [2.45, 2.75) is 59.8 Å². The van der Waals surface area contributed by atoms with Crippen molar-refractivity contribution >= 4 is 12.1 Å². The molecule has 0 fully saturated rings. The van der Waals surface area contributed by atoms with Crippen LogP contribution in [0, 0.1) is 11.3 Å². The third-order valence-corrected chi connectivity index (χ3v) is 4.59. The average Bonchev–Trinajstić information content (AvgIpc) is 2.64. The summed E-state index contributed by atoms with van der Waals surface area (Å²) in [4.78, 5) is 22.8. The largest absolute Gasteiger partial charge is 0.508 e. The molecule has 0 aliphatic rings. The Labute approximate surface area is 163 Å². The highest BCUT2D eigenvalue weighted by atomic mass is 16.7. The number of ether oxygens (including phenoxy) is 3. The monoisotopic (exact) mass is 378 g/mol. The maximum Gasteiger partial charge on any atom is 0.508 e. The van der Waals surface area contributed by atoms with Gasteiger partial charge in [-0.15, -0.1) is 0 Å². The van der Waals surface area contributed by atoms with Crippen molar-refractivity contribution in [2.75, 3.05) is 19.8 Å².